The Morgan fingerprint density at radius 2 is 2.24 bits per heavy atom. The first-order valence-electron chi connectivity index (χ1n) is 7.16. The summed E-state index contributed by atoms with van der Waals surface area (Å²) >= 11 is 1.63. The van der Waals surface area contributed by atoms with Gasteiger partial charge >= 0.3 is 0 Å². The summed E-state index contributed by atoms with van der Waals surface area (Å²) < 4.78 is 1.90. The van der Waals surface area contributed by atoms with Crippen LogP contribution in [0.15, 0.2) is 28.4 Å². The molecule has 2 aromatic heterocycles. The van der Waals surface area contributed by atoms with Crippen molar-refractivity contribution in [1.82, 2.24) is 4.57 Å². The number of aryl methyl sites for hydroxylation is 1. The molecule has 0 unspecified atom stereocenters. The fourth-order valence-corrected chi connectivity index (χ4v) is 3.52. The van der Waals surface area contributed by atoms with E-state index in [0.29, 0.717) is 13.0 Å². The summed E-state index contributed by atoms with van der Waals surface area (Å²) in [5.74, 6) is 5.95. The molecule has 2 aromatic rings. The average Bonchev–Trinajstić information content (AvgIpc) is 3.11. The average molecular weight is 299 g/mol. The van der Waals surface area contributed by atoms with E-state index in [1.807, 2.05) is 22.1 Å². The Morgan fingerprint density at radius 3 is 3.10 bits per heavy atom. The summed E-state index contributed by atoms with van der Waals surface area (Å²) in [6, 6.07) is 5.69. The molecule has 21 heavy (non-hydrogen) atoms. The molecule has 0 fully saturated rings. The van der Waals surface area contributed by atoms with E-state index in [1.54, 1.807) is 17.4 Å². The highest BCUT2D eigenvalue weighted by atomic mass is 32.1. The van der Waals surface area contributed by atoms with E-state index >= 15 is 0 Å². The number of aromatic nitrogens is 1. The summed E-state index contributed by atoms with van der Waals surface area (Å²) in [6.45, 7) is 0.726. The third kappa shape index (κ3) is 3.10. The Kier molecular flexibility index (Phi) is 4.23. The number of hydrogen-bond acceptors (Lipinski definition) is 3. The lowest BCUT2D eigenvalue weighted by Gasteiger charge is -2.10. The maximum Gasteiger partial charge on any atom is 0.251 e. The molecule has 108 valence electrons. The highest BCUT2D eigenvalue weighted by Crippen LogP contribution is 2.22. The van der Waals surface area contributed by atoms with Gasteiger partial charge < -0.3 is 9.67 Å². The van der Waals surface area contributed by atoms with Gasteiger partial charge in [-0.05, 0) is 30.9 Å². The first-order chi connectivity index (χ1) is 10.3. The van der Waals surface area contributed by atoms with Crippen LogP contribution in [0.1, 0.15) is 34.5 Å². The van der Waals surface area contributed by atoms with Crippen molar-refractivity contribution in [2.75, 3.05) is 6.61 Å². The second-order valence-electron chi connectivity index (χ2n) is 5.16. The number of nitrogens with zero attached hydrogens (tertiary/aromatic N) is 1. The number of fused-ring (bicyclic) bond motifs is 1. The molecule has 0 spiro atoms. The predicted octanol–water partition coefficient (Wildman–Crippen LogP) is 2.18. The minimum Gasteiger partial charge on any atom is -0.395 e. The molecule has 1 N–H and O–H groups in total. The first kappa shape index (κ1) is 14.1. The molecule has 0 aromatic carbocycles. The van der Waals surface area contributed by atoms with Crippen LogP contribution in [-0.4, -0.2) is 16.3 Å². The van der Waals surface area contributed by atoms with Crippen LogP contribution in [0.25, 0.3) is 0 Å². The fraction of sp³-hybridized carbons (Fsp3) is 0.353. The highest BCUT2D eigenvalue weighted by molar-refractivity contribution is 7.10. The SMILES string of the molecule is O=c1ccc2c(n1Cc1cc(C#CCCO)cs1)CCC2. The highest BCUT2D eigenvalue weighted by Gasteiger charge is 2.16. The molecular weight excluding hydrogens is 282 g/mol. The number of rotatable bonds is 3. The van der Waals surface area contributed by atoms with Crippen LogP contribution in [0, 0.1) is 11.8 Å². The lowest BCUT2D eigenvalue weighted by Crippen LogP contribution is -2.22. The summed E-state index contributed by atoms with van der Waals surface area (Å²) in [5.41, 5.74) is 3.55. The lowest BCUT2D eigenvalue weighted by atomic mass is 10.2. The fourth-order valence-electron chi connectivity index (χ4n) is 2.71. The van der Waals surface area contributed by atoms with Gasteiger partial charge in [-0.15, -0.1) is 11.3 Å². The largest absolute Gasteiger partial charge is 0.395 e. The van der Waals surface area contributed by atoms with Crippen LogP contribution in [0.2, 0.25) is 0 Å². The molecular formula is C17H17NO2S. The van der Waals surface area contributed by atoms with Crippen molar-refractivity contribution < 1.29 is 5.11 Å². The van der Waals surface area contributed by atoms with Crippen molar-refractivity contribution in [3.8, 4) is 11.8 Å². The van der Waals surface area contributed by atoms with Gasteiger partial charge in [-0.3, -0.25) is 4.79 Å². The maximum absolute atomic E-state index is 12.1. The third-order valence-electron chi connectivity index (χ3n) is 3.69. The van der Waals surface area contributed by atoms with Gasteiger partial charge in [-0.1, -0.05) is 17.9 Å². The van der Waals surface area contributed by atoms with Gasteiger partial charge in [0.05, 0.1) is 13.2 Å². The summed E-state index contributed by atoms with van der Waals surface area (Å²) in [7, 11) is 0. The van der Waals surface area contributed by atoms with Crippen LogP contribution < -0.4 is 5.56 Å². The first-order valence-corrected chi connectivity index (χ1v) is 8.04. The van der Waals surface area contributed by atoms with Crippen LogP contribution in [0.3, 0.4) is 0 Å². The Labute approximate surface area is 127 Å². The van der Waals surface area contributed by atoms with E-state index in [-0.39, 0.29) is 12.2 Å². The smallest absolute Gasteiger partial charge is 0.251 e. The summed E-state index contributed by atoms with van der Waals surface area (Å²) in [5, 5.41) is 10.7. The van der Waals surface area contributed by atoms with E-state index in [2.05, 4.69) is 11.8 Å². The molecule has 3 nitrogen and oxygen atoms in total. The van der Waals surface area contributed by atoms with E-state index in [4.69, 9.17) is 5.11 Å². The summed E-state index contributed by atoms with van der Waals surface area (Å²) in [6.07, 6.45) is 3.72. The molecule has 0 amide bonds. The van der Waals surface area contributed by atoms with Crippen molar-refractivity contribution in [2.24, 2.45) is 0 Å². The Balaban J connectivity index is 1.84. The molecule has 0 bridgehead atoms. The normalized spacial score (nSPS) is 12.8. The molecule has 0 atom stereocenters. The van der Waals surface area contributed by atoms with Crippen molar-refractivity contribution in [2.45, 2.75) is 32.2 Å². The molecule has 0 saturated carbocycles. The number of pyridine rings is 1. The van der Waals surface area contributed by atoms with Gasteiger partial charge in [0.15, 0.2) is 0 Å². The Morgan fingerprint density at radius 1 is 1.33 bits per heavy atom. The number of aliphatic hydroxyl groups excluding tert-OH is 1. The van der Waals surface area contributed by atoms with Gasteiger partial charge in [-0.2, -0.15) is 0 Å². The van der Waals surface area contributed by atoms with Gasteiger partial charge in [0, 0.05) is 34.0 Å². The van der Waals surface area contributed by atoms with Gasteiger partial charge in [0.2, 0.25) is 0 Å². The van der Waals surface area contributed by atoms with E-state index in [1.165, 1.54) is 11.3 Å². The zero-order chi connectivity index (χ0) is 14.7. The van der Waals surface area contributed by atoms with Gasteiger partial charge in [0.25, 0.3) is 5.56 Å². The Bertz CT molecular complexity index is 761. The number of aliphatic hydroxyl groups is 1. The molecule has 2 heterocycles. The van der Waals surface area contributed by atoms with E-state index in [0.717, 1.165) is 29.7 Å². The van der Waals surface area contributed by atoms with Crippen molar-refractivity contribution in [3.05, 3.63) is 55.6 Å². The quantitative estimate of drug-likeness (QED) is 0.883. The molecule has 3 rings (SSSR count). The molecule has 1 aliphatic rings. The van der Waals surface area contributed by atoms with Crippen molar-refractivity contribution in [3.63, 3.8) is 0 Å². The third-order valence-corrected chi connectivity index (χ3v) is 4.61. The van der Waals surface area contributed by atoms with Crippen molar-refractivity contribution >= 4 is 11.3 Å². The van der Waals surface area contributed by atoms with Crippen LogP contribution >= 0.6 is 11.3 Å². The van der Waals surface area contributed by atoms with Crippen LogP contribution in [0.4, 0.5) is 0 Å². The minimum absolute atomic E-state index is 0.0805. The van der Waals surface area contributed by atoms with Gasteiger partial charge in [-0.25, -0.2) is 0 Å². The number of thiophene rings is 1. The molecule has 0 radical (unpaired) electrons. The predicted molar refractivity (Wildman–Crippen MR) is 84.7 cm³/mol. The monoisotopic (exact) mass is 299 g/mol. The number of hydrogen-bond donors (Lipinski definition) is 1. The van der Waals surface area contributed by atoms with Gasteiger partial charge in [0.1, 0.15) is 0 Å². The zero-order valence-corrected chi connectivity index (χ0v) is 12.6. The van der Waals surface area contributed by atoms with Crippen LogP contribution in [0.5, 0.6) is 0 Å². The molecule has 4 heteroatoms. The second-order valence-corrected chi connectivity index (χ2v) is 6.16. The molecule has 1 aliphatic carbocycles. The van der Waals surface area contributed by atoms with Crippen LogP contribution in [-0.2, 0) is 19.4 Å². The van der Waals surface area contributed by atoms with E-state index < -0.39 is 0 Å². The molecule has 0 saturated heterocycles. The standard InChI is InChI=1S/C17H17NO2S/c19-9-2-1-4-13-10-15(21-12-13)11-18-16-6-3-5-14(16)7-8-17(18)20/h7-8,10,12,19H,2-3,5-6,9,11H2. The maximum atomic E-state index is 12.1. The zero-order valence-electron chi connectivity index (χ0n) is 11.8. The minimum atomic E-state index is 0.0805. The topological polar surface area (TPSA) is 42.2 Å². The summed E-state index contributed by atoms with van der Waals surface area (Å²) in [4.78, 5) is 13.3. The van der Waals surface area contributed by atoms with Crippen molar-refractivity contribution in [1.29, 1.82) is 0 Å². The Hall–Kier alpha value is -1.83. The molecule has 0 aliphatic heterocycles. The lowest BCUT2D eigenvalue weighted by molar-refractivity contribution is 0.305. The van der Waals surface area contributed by atoms with E-state index in [9.17, 15) is 4.79 Å². The second kappa shape index (κ2) is 6.30.